The minimum absolute atomic E-state index is 0.451. The second-order valence-corrected chi connectivity index (χ2v) is 2.90. The van der Waals surface area contributed by atoms with Crippen LogP contribution in [0, 0.1) is 0 Å². The number of nitrogens with one attached hydrogen (secondary N) is 2. The Balaban J connectivity index is 3.31. The highest BCUT2D eigenvalue weighted by atomic mass is 14.9. The molecular formula is C9H21N3. The van der Waals surface area contributed by atoms with Crippen LogP contribution in [0.2, 0.25) is 0 Å². The van der Waals surface area contributed by atoms with E-state index in [2.05, 4.69) is 15.6 Å². The quantitative estimate of drug-likeness (QED) is 0.436. The lowest BCUT2D eigenvalue weighted by Crippen LogP contribution is -2.26. The molecule has 0 aromatic heterocycles. The van der Waals surface area contributed by atoms with Crippen molar-refractivity contribution in [2.24, 2.45) is 4.99 Å². The SMILES string of the molecule is CN=CC(CCCCNC)NC. The molecule has 72 valence electrons. The van der Waals surface area contributed by atoms with Crippen LogP contribution in [0.1, 0.15) is 19.3 Å². The van der Waals surface area contributed by atoms with E-state index >= 15 is 0 Å². The maximum Gasteiger partial charge on any atom is 0.0417 e. The third-order valence-corrected chi connectivity index (χ3v) is 1.89. The summed E-state index contributed by atoms with van der Waals surface area (Å²) in [7, 11) is 5.78. The van der Waals surface area contributed by atoms with E-state index in [-0.39, 0.29) is 0 Å². The molecule has 0 aliphatic carbocycles. The molecule has 0 aromatic rings. The molecule has 0 aliphatic rings. The molecule has 1 atom stereocenters. The second-order valence-electron chi connectivity index (χ2n) is 2.90. The van der Waals surface area contributed by atoms with Gasteiger partial charge in [-0.25, -0.2) is 0 Å². The van der Waals surface area contributed by atoms with E-state index in [4.69, 9.17) is 0 Å². The van der Waals surface area contributed by atoms with Gasteiger partial charge >= 0.3 is 0 Å². The Hall–Kier alpha value is -0.410. The monoisotopic (exact) mass is 171 g/mol. The van der Waals surface area contributed by atoms with E-state index in [1.165, 1.54) is 19.3 Å². The van der Waals surface area contributed by atoms with Crippen molar-refractivity contribution in [3.8, 4) is 0 Å². The highest BCUT2D eigenvalue weighted by Gasteiger charge is 1.99. The van der Waals surface area contributed by atoms with Crippen molar-refractivity contribution >= 4 is 6.21 Å². The van der Waals surface area contributed by atoms with Gasteiger partial charge in [-0.15, -0.1) is 0 Å². The average Bonchev–Trinajstić information content (AvgIpc) is 2.10. The molecule has 0 spiro atoms. The summed E-state index contributed by atoms with van der Waals surface area (Å²) in [5.41, 5.74) is 0. The summed E-state index contributed by atoms with van der Waals surface area (Å²) in [6, 6.07) is 0.451. The maximum absolute atomic E-state index is 4.00. The molecule has 12 heavy (non-hydrogen) atoms. The highest BCUT2D eigenvalue weighted by Crippen LogP contribution is 1.97. The van der Waals surface area contributed by atoms with Crippen molar-refractivity contribution in [3.05, 3.63) is 0 Å². The van der Waals surface area contributed by atoms with E-state index in [0.29, 0.717) is 6.04 Å². The third kappa shape index (κ3) is 6.31. The zero-order valence-corrected chi connectivity index (χ0v) is 8.43. The van der Waals surface area contributed by atoms with Gasteiger partial charge in [-0.05, 0) is 33.5 Å². The Labute approximate surface area is 75.7 Å². The maximum atomic E-state index is 4.00. The molecule has 0 heterocycles. The Morgan fingerprint density at radius 2 is 2.08 bits per heavy atom. The first kappa shape index (κ1) is 11.6. The van der Waals surface area contributed by atoms with Crippen LogP contribution in [0.4, 0.5) is 0 Å². The van der Waals surface area contributed by atoms with E-state index in [9.17, 15) is 0 Å². The predicted molar refractivity (Wildman–Crippen MR) is 55.0 cm³/mol. The second kappa shape index (κ2) is 8.68. The number of aliphatic imine (C=N–C) groups is 1. The fourth-order valence-corrected chi connectivity index (χ4v) is 1.14. The molecule has 0 radical (unpaired) electrons. The van der Waals surface area contributed by atoms with Crippen LogP contribution in [0.15, 0.2) is 4.99 Å². The molecular weight excluding hydrogens is 150 g/mol. The summed E-state index contributed by atoms with van der Waals surface area (Å²) >= 11 is 0. The predicted octanol–water partition coefficient (Wildman–Crippen LogP) is 0.665. The van der Waals surface area contributed by atoms with Crippen LogP contribution in [0.3, 0.4) is 0 Å². The highest BCUT2D eigenvalue weighted by molar-refractivity contribution is 5.63. The molecule has 0 fully saturated rings. The van der Waals surface area contributed by atoms with Crippen molar-refractivity contribution in [1.29, 1.82) is 0 Å². The Morgan fingerprint density at radius 3 is 2.58 bits per heavy atom. The van der Waals surface area contributed by atoms with Gasteiger partial charge in [-0.3, -0.25) is 4.99 Å². The zero-order chi connectivity index (χ0) is 9.23. The minimum Gasteiger partial charge on any atom is -0.320 e. The molecule has 0 amide bonds. The van der Waals surface area contributed by atoms with Crippen molar-refractivity contribution in [2.75, 3.05) is 27.7 Å². The molecule has 0 aromatic carbocycles. The van der Waals surface area contributed by atoms with Gasteiger partial charge in [0.05, 0.1) is 0 Å². The first-order chi connectivity index (χ1) is 5.85. The van der Waals surface area contributed by atoms with Crippen LogP contribution in [0.25, 0.3) is 0 Å². The zero-order valence-electron chi connectivity index (χ0n) is 8.43. The number of nitrogens with zero attached hydrogens (tertiary/aromatic N) is 1. The lowest BCUT2D eigenvalue weighted by atomic mass is 10.1. The molecule has 1 unspecified atom stereocenters. The number of unbranched alkanes of at least 4 members (excludes halogenated alkanes) is 1. The molecule has 0 saturated heterocycles. The molecule has 0 saturated carbocycles. The molecule has 0 bridgehead atoms. The molecule has 3 nitrogen and oxygen atoms in total. The Kier molecular flexibility index (Phi) is 8.39. The van der Waals surface area contributed by atoms with Gasteiger partial charge in [0.2, 0.25) is 0 Å². The number of hydrogen-bond donors (Lipinski definition) is 2. The topological polar surface area (TPSA) is 36.4 Å². The fraction of sp³-hybridized carbons (Fsp3) is 0.889. The molecule has 3 heteroatoms. The minimum atomic E-state index is 0.451. The number of rotatable bonds is 7. The van der Waals surface area contributed by atoms with Gasteiger partial charge in [0.25, 0.3) is 0 Å². The van der Waals surface area contributed by atoms with E-state index in [1.54, 1.807) is 0 Å². The standard InChI is InChI=1S/C9H21N3/c1-10-7-5-4-6-9(12-3)8-11-2/h8-10,12H,4-7H2,1-3H3. The lowest BCUT2D eigenvalue weighted by molar-refractivity contribution is 0.580. The smallest absolute Gasteiger partial charge is 0.0417 e. The van der Waals surface area contributed by atoms with Crippen LogP contribution in [-0.2, 0) is 0 Å². The van der Waals surface area contributed by atoms with Crippen molar-refractivity contribution in [1.82, 2.24) is 10.6 Å². The van der Waals surface area contributed by atoms with Crippen LogP contribution < -0.4 is 10.6 Å². The van der Waals surface area contributed by atoms with Crippen LogP contribution in [-0.4, -0.2) is 39.9 Å². The largest absolute Gasteiger partial charge is 0.320 e. The van der Waals surface area contributed by atoms with Crippen molar-refractivity contribution in [2.45, 2.75) is 25.3 Å². The Bertz CT molecular complexity index is 112. The van der Waals surface area contributed by atoms with Gasteiger partial charge in [0.15, 0.2) is 0 Å². The third-order valence-electron chi connectivity index (χ3n) is 1.89. The fourth-order valence-electron chi connectivity index (χ4n) is 1.14. The van der Waals surface area contributed by atoms with E-state index in [1.807, 2.05) is 27.4 Å². The summed E-state index contributed by atoms with van der Waals surface area (Å²) < 4.78 is 0. The normalized spacial score (nSPS) is 13.9. The average molecular weight is 171 g/mol. The first-order valence-electron chi connectivity index (χ1n) is 4.59. The van der Waals surface area contributed by atoms with Gasteiger partial charge in [0.1, 0.15) is 0 Å². The summed E-state index contributed by atoms with van der Waals surface area (Å²) in [5.74, 6) is 0. The van der Waals surface area contributed by atoms with E-state index < -0.39 is 0 Å². The number of hydrogen-bond acceptors (Lipinski definition) is 3. The first-order valence-corrected chi connectivity index (χ1v) is 4.59. The summed E-state index contributed by atoms with van der Waals surface area (Å²) in [4.78, 5) is 4.00. The lowest BCUT2D eigenvalue weighted by Gasteiger charge is -2.09. The summed E-state index contributed by atoms with van der Waals surface area (Å²) in [6.07, 6.45) is 5.64. The van der Waals surface area contributed by atoms with E-state index in [0.717, 1.165) is 6.54 Å². The summed E-state index contributed by atoms with van der Waals surface area (Å²) in [6.45, 7) is 1.11. The van der Waals surface area contributed by atoms with Gasteiger partial charge < -0.3 is 10.6 Å². The van der Waals surface area contributed by atoms with Crippen LogP contribution >= 0.6 is 0 Å². The van der Waals surface area contributed by atoms with Crippen molar-refractivity contribution < 1.29 is 0 Å². The molecule has 0 aliphatic heterocycles. The van der Waals surface area contributed by atoms with Gasteiger partial charge in [0, 0.05) is 19.3 Å². The van der Waals surface area contributed by atoms with Gasteiger partial charge in [-0.1, -0.05) is 6.42 Å². The molecule has 2 N–H and O–H groups in total. The summed E-state index contributed by atoms with van der Waals surface area (Å²) in [5, 5.41) is 6.35. The Morgan fingerprint density at radius 1 is 1.33 bits per heavy atom. The van der Waals surface area contributed by atoms with Crippen LogP contribution in [0.5, 0.6) is 0 Å². The van der Waals surface area contributed by atoms with Gasteiger partial charge in [-0.2, -0.15) is 0 Å². The van der Waals surface area contributed by atoms with Crippen molar-refractivity contribution in [3.63, 3.8) is 0 Å². The molecule has 0 rings (SSSR count).